The van der Waals surface area contributed by atoms with Gasteiger partial charge >= 0.3 is 0 Å². The highest BCUT2D eigenvalue weighted by molar-refractivity contribution is 5.85. The van der Waals surface area contributed by atoms with Crippen LogP contribution >= 0.6 is 12.4 Å². The number of piperidine rings is 1. The third kappa shape index (κ3) is 3.90. The monoisotopic (exact) mass is 304 g/mol. The lowest BCUT2D eigenvalue weighted by molar-refractivity contribution is 0.119. The summed E-state index contributed by atoms with van der Waals surface area (Å²) >= 11 is 0. The molecule has 20 heavy (non-hydrogen) atoms. The van der Waals surface area contributed by atoms with Gasteiger partial charge in [-0.25, -0.2) is 8.78 Å². The number of likely N-dealkylation sites (tertiary alicyclic amines) is 1. The van der Waals surface area contributed by atoms with Crippen LogP contribution in [0, 0.1) is 17.6 Å². The standard InChI is InChI=1S/C15H22F2N2.ClH/c1-10(18)12-4-3-7-19(9-12)11(2)14-6-5-13(16)8-15(14)17;/h5-6,8,10-12H,3-4,7,9,18H2,1-2H3;1H. The Hall–Kier alpha value is -0.710. The molecule has 2 nitrogen and oxygen atoms in total. The largest absolute Gasteiger partial charge is 0.328 e. The SMILES string of the molecule is CC(N)C1CCCN(C(C)c2ccc(F)cc2F)C1.Cl. The number of nitrogens with two attached hydrogens (primary N) is 1. The summed E-state index contributed by atoms with van der Waals surface area (Å²) in [7, 11) is 0. The lowest BCUT2D eigenvalue weighted by Crippen LogP contribution is -2.43. The third-order valence-electron chi connectivity index (χ3n) is 4.19. The van der Waals surface area contributed by atoms with Crippen molar-refractivity contribution in [2.75, 3.05) is 13.1 Å². The number of hydrogen-bond donors (Lipinski definition) is 1. The predicted molar refractivity (Wildman–Crippen MR) is 80.0 cm³/mol. The maximum absolute atomic E-state index is 13.8. The second-order valence-corrected chi connectivity index (χ2v) is 5.60. The third-order valence-corrected chi connectivity index (χ3v) is 4.19. The molecule has 1 aliphatic rings. The van der Waals surface area contributed by atoms with Crippen LogP contribution in [-0.4, -0.2) is 24.0 Å². The van der Waals surface area contributed by atoms with E-state index in [1.807, 2.05) is 13.8 Å². The van der Waals surface area contributed by atoms with Gasteiger partial charge < -0.3 is 5.73 Å². The van der Waals surface area contributed by atoms with Gasteiger partial charge in [-0.05, 0) is 45.2 Å². The summed E-state index contributed by atoms with van der Waals surface area (Å²) in [5.74, 6) is -0.532. The fraction of sp³-hybridized carbons (Fsp3) is 0.600. The van der Waals surface area contributed by atoms with E-state index in [2.05, 4.69) is 4.90 Å². The van der Waals surface area contributed by atoms with E-state index in [4.69, 9.17) is 5.73 Å². The van der Waals surface area contributed by atoms with Crippen LogP contribution in [0.15, 0.2) is 18.2 Å². The molecule has 1 aromatic rings. The van der Waals surface area contributed by atoms with Gasteiger partial charge in [0.15, 0.2) is 0 Å². The zero-order chi connectivity index (χ0) is 14.0. The second-order valence-electron chi connectivity index (χ2n) is 5.60. The van der Waals surface area contributed by atoms with E-state index in [1.165, 1.54) is 6.07 Å². The molecule has 2 N–H and O–H groups in total. The van der Waals surface area contributed by atoms with E-state index in [-0.39, 0.29) is 24.5 Å². The maximum Gasteiger partial charge on any atom is 0.130 e. The van der Waals surface area contributed by atoms with Gasteiger partial charge in [0.25, 0.3) is 0 Å². The van der Waals surface area contributed by atoms with E-state index in [1.54, 1.807) is 6.07 Å². The molecule has 0 aromatic heterocycles. The van der Waals surface area contributed by atoms with E-state index < -0.39 is 11.6 Å². The maximum atomic E-state index is 13.8. The summed E-state index contributed by atoms with van der Waals surface area (Å²) < 4.78 is 26.8. The average Bonchev–Trinajstić information content (AvgIpc) is 2.38. The Labute approximate surface area is 125 Å². The lowest BCUT2D eigenvalue weighted by atomic mass is 9.90. The molecule has 0 spiro atoms. The molecule has 0 bridgehead atoms. The fourth-order valence-electron chi connectivity index (χ4n) is 2.86. The molecule has 1 heterocycles. The zero-order valence-electron chi connectivity index (χ0n) is 12.0. The fourth-order valence-corrected chi connectivity index (χ4v) is 2.86. The van der Waals surface area contributed by atoms with Crippen LogP contribution in [0.1, 0.15) is 38.3 Å². The molecular formula is C15H23ClF2N2. The first-order valence-electron chi connectivity index (χ1n) is 6.93. The minimum atomic E-state index is -0.527. The Morgan fingerprint density at radius 1 is 1.30 bits per heavy atom. The number of halogens is 3. The second kappa shape index (κ2) is 7.34. The topological polar surface area (TPSA) is 29.3 Å². The molecule has 1 aliphatic heterocycles. The van der Waals surface area contributed by atoms with Crippen LogP contribution in [0.5, 0.6) is 0 Å². The first-order valence-corrected chi connectivity index (χ1v) is 6.93. The van der Waals surface area contributed by atoms with Crippen LogP contribution in [0.25, 0.3) is 0 Å². The Morgan fingerprint density at radius 3 is 2.60 bits per heavy atom. The molecule has 1 aromatic carbocycles. The highest BCUT2D eigenvalue weighted by atomic mass is 35.5. The van der Waals surface area contributed by atoms with Crippen LogP contribution in [0.2, 0.25) is 0 Å². The highest BCUT2D eigenvalue weighted by Crippen LogP contribution is 2.29. The quantitative estimate of drug-likeness (QED) is 0.926. The zero-order valence-corrected chi connectivity index (χ0v) is 12.8. The van der Waals surface area contributed by atoms with Crippen molar-refractivity contribution in [2.45, 2.75) is 38.8 Å². The lowest BCUT2D eigenvalue weighted by Gasteiger charge is -2.38. The number of rotatable bonds is 3. The van der Waals surface area contributed by atoms with Gasteiger partial charge in [-0.15, -0.1) is 12.4 Å². The average molecular weight is 305 g/mol. The smallest absolute Gasteiger partial charge is 0.130 e. The van der Waals surface area contributed by atoms with Crippen LogP contribution < -0.4 is 5.73 Å². The molecule has 3 unspecified atom stereocenters. The van der Waals surface area contributed by atoms with Crippen molar-refractivity contribution in [1.82, 2.24) is 4.90 Å². The highest BCUT2D eigenvalue weighted by Gasteiger charge is 2.27. The molecule has 0 aliphatic carbocycles. The van der Waals surface area contributed by atoms with Crippen LogP contribution in [0.4, 0.5) is 8.78 Å². The van der Waals surface area contributed by atoms with Gasteiger partial charge in [-0.3, -0.25) is 4.90 Å². The normalized spacial score (nSPS) is 22.9. The van der Waals surface area contributed by atoms with Crippen molar-refractivity contribution in [2.24, 2.45) is 11.7 Å². The van der Waals surface area contributed by atoms with Gasteiger partial charge in [0, 0.05) is 30.3 Å². The Bertz CT molecular complexity index is 440. The van der Waals surface area contributed by atoms with Crippen LogP contribution in [0.3, 0.4) is 0 Å². The molecule has 1 saturated heterocycles. The summed E-state index contributed by atoms with van der Waals surface area (Å²) in [4.78, 5) is 2.24. The van der Waals surface area contributed by atoms with E-state index in [0.717, 1.165) is 32.0 Å². The van der Waals surface area contributed by atoms with E-state index >= 15 is 0 Å². The van der Waals surface area contributed by atoms with Gasteiger partial charge in [0.05, 0.1) is 0 Å². The van der Waals surface area contributed by atoms with Gasteiger partial charge in [0.2, 0.25) is 0 Å². The molecule has 5 heteroatoms. The first kappa shape index (κ1) is 17.3. The number of benzene rings is 1. The van der Waals surface area contributed by atoms with Gasteiger partial charge in [-0.2, -0.15) is 0 Å². The molecule has 3 atom stereocenters. The Morgan fingerprint density at radius 2 is 2.00 bits per heavy atom. The molecular weight excluding hydrogens is 282 g/mol. The molecule has 0 amide bonds. The minimum absolute atomic E-state index is 0. The number of hydrogen-bond acceptors (Lipinski definition) is 2. The van der Waals surface area contributed by atoms with Crippen molar-refractivity contribution in [1.29, 1.82) is 0 Å². The van der Waals surface area contributed by atoms with Crippen molar-refractivity contribution in [3.05, 3.63) is 35.4 Å². The van der Waals surface area contributed by atoms with Crippen LogP contribution in [-0.2, 0) is 0 Å². The summed E-state index contributed by atoms with van der Waals surface area (Å²) in [5, 5.41) is 0. The van der Waals surface area contributed by atoms with Gasteiger partial charge in [0.1, 0.15) is 11.6 Å². The molecule has 2 rings (SSSR count). The summed E-state index contributed by atoms with van der Waals surface area (Å²) in [6.07, 6.45) is 2.21. The van der Waals surface area contributed by atoms with E-state index in [0.29, 0.717) is 11.5 Å². The molecule has 114 valence electrons. The number of nitrogens with zero attached hydrogens (tertiary/aromatic N) is 1. The summed E-state index contributed by atoms with van der Waals surface area (Å²) in [6.45, 7) is 5.83. The van der Waals surface area contributed by atoms with Crippen molar-refractivity contribution < 1.29 is 8.78 Å². The summed E-state index contributed by atoms with van der Waals surface area (Å²) in [6, 6.07) is 3.95. The minimum Gasteiger partial charge on any atom is -0.328 e. The Kier molecular flexibility index (Phi) is 6.37. The molecule has 1 fully saturated rings. The summed E-state index contributed by atoms with van der Waals surface area (Å²) in [5.41, 5.74) is 6.53. The molecule has 0 saturated carbocycles. The van der Waals surface area contributed by atoms with Gasteiger partial charge in [-0.1, -0.05) is 6.07 Å². The Balaban J connectivity index is 0.00000200. The van der Waals surface area contributed by atoms with E-state index in [9.17, 15) is 8.78 Å². The van der Waals surface area contributed by atoms with Crippen molar-refractivity contribution >= 4 is 12.4 Å². The van der Waals surface area contributed by atoms with Crippen molar-refractivity contribution in [3.8, 4) is 0 Å². The predicted octanol–water partition coefficient (Wildman–Crippen LogP) is 3.51. The van der Waals surface area contributed by atoms with Crippen molar-refractivity contribution in [3.63, 3.8) is 0 Å². The molecule has 0 radical (unpaired) electrons. The first-order chi connectivity index (χ1) is 8.99.